The van der Waals surface area contributed by atoms with Crippen molar-refractivity contribution in [1.82, 2.24) is 4.90 Å². The molecular formula is C27H36N2O6. The second kappa shape index (κ2) is 12.3. The fourth-order valence-corrected chi connectivity index (χ4v) is 4.39. The quantitative estimate of drug-likeness (QED) is 0.410. The predicted octanol–water partition coefficient (Wildman–Crippen LogP) is 5.94. The van der Waals surface area contributed by atoms with Gasteiger partial charge in [-0.25, -0.2) is 9.59 Å². The molecule has 35 heavy (non-hydrogen) atoms. The number of hydrogen-bond donors (Lipinski definition) is 0. The molecule has 0 saturated heterocycles. The van der Waals surface area contributed by atoms with Crippen molar-refractivity contribution in [1.29, 1.82) is 0 Å². The predicted molar refractivity (Wildman–Crippen MR) is 134 cm³/mol. The summed E-state index contributed by atoms with van der Waals surface area (Å²) in [7, 11) is 3.12. The highest BCUT2D eigenvalue weighted by Gasteiger charge is 2.40. The van der Waals surface area contributed by atoms with Crippen molar-refractivity contribution in [3.8, 4) is 11.5 Å². The molecule has 0 aromatic heterocycles. The van der Waals surface area contributed by atoms with Gasteiger partial charge in [-0.05, 0) is 38.3 Å². The maximum atomic E-state index is 13.4. The Morgan fingerprint density at radius 2 is 1.71 bits per heavy atom. The van der Waals surface area contributed by atoms with Gasteiger partial charge in [0, 0.05) is 24.2 Å². The largest absolute Gasteiger partial charge is 0.493 e. The van der Waals surface area contributed by atoms with Gasteiger partial charge in [0.15, 0.2) is 11.5 Å². The van der Waals surface area contributed by atoms with Gasteiger partial charge in [-0.1, -0.05) is 43.7 Å². The first-order valence-corrected chi connectivity index (χ1v) is 12.1. The fourth-order valence-electron chi connectivity index (χ4n) is 4.39. The number of unbranched alkanes of at least 4 members (excludes halogenated alkanes) is 1. The highest BCUT2D eigenvalue weighted by molar-refractivity contribution is 5.91. The van der Waals surface area contributed by atoms with E-state index in [1.54, 1.807) is 37.0 Å². The van der Waals surface area contributed by atoms with Crippen molar-refractivity contribution in [2.75, 3.05) is 32.3 Å². The molecule has 8 nitrogen and oxygen atoms in total. The number of amides is 2. The topological polar surface area (TPSA) is 77.5 Å². The number of methoxy groups -OCH3 is 2. The van der Waals surface area contributed by atoms with Gasteiger partial charge in [0.1, 0.15) is 0 Å². The number of anilines is 1. The maximum absolute atomic E-state index is 13.4. The minimum atomic E-state index is -0.438. The molecule has 0 N–H and O–H groups in total. The van der Waals surface area contributed by atoms with Crippen LogP contribution in [0.15, 0.2) is 42.5 Å². The number of carbonyl (C=O) groups is 2. The molecule has 0 spiro atoms. The van der Waals surface area contributed by atoms with Crippen LogP contribution in [0.5, 0.6) is 11.5 Å². The first-order chi connectivity index (χ1) is 16.9. The van der Waals surface area contributed by atoms with Crippen molar-refractivity contribution in [3.63, 3.8) is 0 Å². The fraction of sp³-hybridized carbons (Fsp3) is 0.481. The summed E-state index contributed by atoms with van der Waals surface area (Å²) < 4.78 is 22.1. The van der Waals surface area contributed by atoms with E-state index in [9.17, 15) is 9.59 Å². The van der Waals surface area contributed by atoms with Crippen LogP contribution in [-0.2, 0) is 16.0 Å². The second-order valence-electron chi connectivity index (χ2n) is 8.52. The van der Waals surface area contributed by atoms with E-state index in [2.05, 4.69) is 6.92 Å². The summed E-state index contributed by atoms with van der Waals surface area (Å²) in [6, 6.07) is 12.8. The van der Waals surface area contributed by atoms with Gasteiger partial charge in [-0.3, -0.25) is 9.80 Å². The minimum absolute atomic E-state index is 0.230. The third-order valence-corrected chi connectivity index (χ3v) is 6.15. The summed E-state index contributed by atoms with van der Waals surface area (Å²) in [6.45, 7) is 6.77. The molecule has 2 amide bonds. The van der Waals surface area contributed by atoms with Crippen LogP contribution in [0.4, 0.5) is 15.3 Å². The number of ether oxygens (including phenoxy) is 4. The van der Waals surface area contributed by atoms with Gasteiger partial charge >= 0.3 is 12.2 Å². The summed E-state index contributed by atoms with van der Waals surface area (Å²) in [5, 5.41) is 0. The summed E-state index contributed by atoms with van der Waals surface area (Å²) in [6.07, 6.45) is 1.42. The van der Waals surface area contributed by atoms with Crippen molar-refractivity contribution in [2.24, 2.45) is 0 Å². The highest BCUT2D eigenvalue weighted by atomic mass is 16.6. The Balaban J connectivity index is 2.10. The summed E-state index contributed by atoms with van der Waals surface area (Å²) >= 11 is 0. The molecule has 1 heterocycles. The van der Waals surface area contributed by atoms with Gasteiger partial charge in [0.05, 0.1) is 39.2 Å². The zero-order valence-corrected chi connectivity index (χ0v) is 21.3. The van der Waals surface area contributed by atoms with E-state index in [0.717, 1.165) is 24.0 Å². The van der Waals surface area contributed by atoms with Crippen molar-refractivity contribution >= 4 is 17.9 Å². The first-order valence-electron chi connectivity index (χ1n) is 12.1. The Labute approximate surface area is 207 Å². The molecule has 8 heteroatoms. The van der Waals surface area contributed by atoms with E-state index in [-0.39, 0.29) is 24.8 Å². The van der Waals surface area contributed by atoms with Crippen LogP contribution in [0.25, 0.3) is 0 Å². The molecule has 2 unspecified atom stereocenters. The summed E-state index contributed by atoms with van der Waals surface area (Å²) in [5.41, 5.74) is 2.39. The van der Waals surface area contributed by atoms with Gasteiger partial charge in [-0.15, -0.1) is 0 Å². The van der Waals surface area contributed by atoms with Gasteiger partial charge < -0.3 is 18.9 Å². The van der Waals surface area contributed by atoms with Crippen LogP contribution in [0.1, 0.15) is 57.2 Å². The molecule has 0 bridgehead atoms. The molecule has 2 aromatic carbocycles. The van der Waals surface area contributed by atoms with E-state index in [1.807, 2.05) is 43.3 Å². The molecule has 0 fully saturated rings. The van der Waals surface area contributed by atoms with Crippen molar-refractivity contribution in [3.05, 3.63) is 53.6 Å². The Hall–Kier alpha value is -3.42. The second-order valence-corrected chi connectivity index (χ2v) is 8.52. The van der Waals surface area contributed by atoms with Crippen LogP contribution in [0.2, 0.25) is 0 Å². The van der Waals surface area contributed by atoms with Crippen LogP contribution in [-0.4, -0.2) is 50.6 Å². The SMILES string of the molecule is CCCCOC(=O)N(Cc1ccccc1)C1CC(C)N(C(=O)OCC)c2cc(OC)c(OC)cc21. The minimum Gasteiger partial charge on any atom is -0.493 e. The zero-order valence-electron chi connectivity index (χ0n) is 21.3. The lowest BCUT2D eigenvalue weighted by molar-refractivity contribution is 0.0761. The van der Waals surface area contributed by atoms with Crippen LogP contribution >= 0.6 is 0 Å². The zero-order chi connectivity index (χ0) is 25.4. The number of rotatable bonds is 9. The molecule has 1 aliphatic rings. The summed E-state index contributed by atoms with van der Waals surface area (Å²) in [5.74, 6) is 1.02. The van der Waals surface area contributed by atoms with Crippen molar-refractivity contribution < 1.29 is 28.5 Å². The number of hydrogen-bond acceptors (Lipinski definition) is 6. The Morgan fingerprint density at radius 1 is 1.03 bits per heavy atom. The third kappa shape index (κ3) is 5.99. The highest BCUT2D eigenvalue weighted by Crippen LogP contribution is 2.46. The number of fused-ring (bicyclic) bond motifs is 1. The molecule has 3 rings (SSSR count). The standard InChI is InChI=1S/C27H36N2O6/c1-6-8-14-35-26(30)28(18-20-12-10-9-11-13-20)22-15-19(3)29(27(31)34-7-2)23-17-25(33-5)24(32-4)16-21(22)23/h9-13,16-17,19,22H,6-8,14-15,18H2,1-5H3. The van der Waals surface area contributed by atoms with E-state index < -0.39 is 6.09 Å². The first kappa shape index (κ1) is 26.2. The smallest absolute Gasteiger partial charge is 0.414 e. The maximum Gasteiger partial charge on any atom is 0.414 e. The Morgan fingerprint density at radius 3 is 2.34 bits per heavy atom. The number of nitrogens with zero attached hydrogens (tertiary/aromatic N) is 2. The van der Waals surface area contributed by atoms with E-state index >= 15 is 0 Å². The third-order valence-electron chi connectivity index (χ3n) is 6.15. The molecule has 0 saturated carbocycles. The molecular weight excluding hydrogens is 448 g/mol. The van der Waals surface area contributed by atoms with E-state index in [0.29, 0.717) is 36.8 Å². The molecule has 1 aliphatic heterocycles. The molecule has 2 aromatic rings. The molecule has 0 aliphatic carbocycles. The molecule has 2 atom stereocenters. The van der Waals surface area contributed by atoms with Crippen LogP contribution < -0.4 is 14.4 Å². The van der Waals surface area contributed by atoms with Crippen molar-refractivity contribution in [2.45, 2.75) is 58.7 Å². The van der Waals surface area contributed by atoms with E-state index in [4.69, 9.17) is 18.9 Å². The van der Waals surface area contributed by atoms with Gasteiger partial charge in [0.2, 0.25) is 0 Å². The Bertz CT molecular complexity index is 997. The normalized spacial score (nSPS) is 16.8. The Kier molecular flexibility index (Phi) is 9.23. The van der Waals surface area contributed by atoms with Gasteiger partial charge in [-0.2, -0.15) is 0 Å². The van der Waals surface area contributed by atoms with Crippen LogP contribution in [0.3, 0.4) is 0 Å². The lowest BCUT2D eigenvalue weighted by atomic mass is 9.90. The lowest BCUT2D eigenvalue weighted by Crippen LogP contribution is -2.47. The molecule has 0 radical (unpaired) electrons. The monoisotopic (exact) mass is 484 g/mol. The number of carbonyl (C=O) groups excluding carboxylic acids is 2. The van der Waals surface area contributed by atoms with Crippen LogP contribution in [0, 0.1) is 0 Å². The lowest BCUT2D eigenvalue weighted by Gasteiger charge is -2.42. The average Bonchev–Trinajstić information content (AvgIpc) is 2.86. The number of benzene rings is 2. The van der Waals surface area contributed by atoms with E-state index in [1.165, 1.54) is 0 Å². The average molecular weight is 485 g/mol. The van der Waals surface area contributed by atoms with Gasteiger partial charge in [0.25, 0.3) is 0 Å². The molecule has 190 valence electrons. The summed E-state index contributed by atoms with van der Waals surface area (Å²) in [4.78, 5) is 29.7.